The van der Waals surface area contributed by atoms with E-state index < -0.39 is 16.1 Å². The second-order valence-electron chi connectivity index (χ2n) is 1.59. The molecule has 0 spiro atoms. The molecule has 0 amide bonds. The molecule has 10 heavy (non-hydrogen) atoms. The van der Waals surface area contributed by atoms with Crippen molar-refractivity contribution >= 4 is 16.1 Å². The van der Waals surface area contributed by atoms with Crippen molar-refractivity contribution in [3.63, 3.8) is 0 Å². The Bertz CT molecular complexity index is 226. The Morgan fingerprint density at radius 1 is 1.70 bits per heavy atom. The van der Waals surface area contributed by atoms with E-state index in [0.29, 0.717) is 0 Å². The maximum Gasteiger partial charge on any atom is 0.319 e. The van der Waals surface area contributed by atoms with Gasteiger partial charge in [-0.05, 0) is 0 Å². The molecule has 0 aromatic rings. The van der Waals surface area contributed by atoms with Gasteiger partial charge in [0.15, 0.2) is 0 Å². The van der Waals surface area contributed by atoms with E-state index in [2.05, 4.69) is 10.8 Å². The third-order valence-corrected chi connectivity index (χ3v) is 1.70. The minimum atomic E-state index is -3.70. The van der Waals surface area contributed by atoms with Gasteiger partial charge in [0.2, 0.25) is 0 Å². The molecule has 0 unspecified atom stereocenters. The monoisotopic (exact) mass is 164 g/mol. The molecule has 4 nitrogen and oxygen atoms in total. The van der Waals surface area contributed by atoms with Crippen LogP contribution in [0.1, 0.15) is 6.92 Å². The van der Waals surface area contributed by atoms with Crippen LogP contribution in [0.4, 0.5) is 0 Å². The maximum absolute atomic E-state index is 10.5. The number of rotatable bonds is 3. The molecule has 0 fully saturated rings. The predicted octanol–water partition coefficient (Wildman–Crippen LogP) is 0.0653. The van der Waals surface area contributed by atoms with Gasteiger partial charge in [-0.15, -0.1) is 6.58 Å². The fraction of sp³-hybridized carbons (Fsp3) is 0.400. The van der Waals surface area contributed by atoms with Crippen molar-refractivity contribution in [3.8, 4) is 0 Å². The summed E-state index contributed by atoms with van der Waals surface area (Å²) in [5.41, 5.74) is 0. The molecule has 0 saturated heterocycles. The van der Waals surface area contributed by atoms with Gasteiger partial charge < -0.3 is 4.18 Å². The van der Waals surface area contributed by atoms with Crippen LogP contribution in [0.25, 0.3) is 0 Å². The van der Waals surface area contributed by atoms with Crippen molar-refractivity contribution in [2.45, 2.75) is 6.92 Å². The molecule has 0 aromatic carbocycles. The van der Waals surface area contributed by atoms with E-state index in [1.54, 1.807) is 0 Å². The van der Waals surface area contributed by atoms with Gasteiger partial charge in [0.25, 0.3) is 0 Å². The smallest absolute Gasteiger partial charge is 0.319 e. The minimum absolute atomic E-state index is 0.341. The third-order valence-electron chi connectivity index (χ3n) is 0.566. The van der Waals surface area contributed by atoms with Gasteiger partial charge >= 0.3 is 16.1 Å². The average Bonchev–Trinajstić information content (AvgIpc) is 1.59. The van der Waals surface area contributed by atoms with Crippen LogP contribution in [-0.4, -0.2) is 20.1 Å². The van der Waals surface area contributed by atoms with Crippen molar-refractivity contribution in [1.29, 1.82) is 0 Å². The molecule has 0 bridgehead atoms. The zero-order valence-electron chi connectivity index (χ0n) is 5.53. The number of carbonyl (C=O) groups is 1. The largest absolute Gasteiger partial charge is 0.346 e. The summed E-state index contributed by atoms with van der Waals surface area (Å²) < 4.78 is 25.0. The Morgan fingerprint density at radius 2 is 2.20 bits per heavy atom. The Morgan fingerprint density at radius 3 is 2.50 bits per heavy atom. The maximum atomic E-state index is 10.5. The van der Waals surface area contributed by atoms with Crippen LogP contribution in [0.2, 0.25) is 0 Å². The lowest BCUT2D eigenvalue weighted by molar-refractivity contribution is -0.131. The molecule has 0 aromatic heterocycles. The summed E-state index contributed by atoms with van der Waals surface area (Å²) in [6, 6.07) is 0. The second kappa shape index (κ2) is 3.36. The van der Waals surface area contributed by atoms with Crippen molar-refractivity contribution in [3.05, 3.63) is 12.7 Å². The molecule has 0 radical (unpaired) electrons. The van der Waals surface area contributed by atoms with E-state index in [9.17, 15) is 13.2 Å². The summed E-state index contributed by atoms with van der Waals surface area (Å²) in [5, 5.41) is 0. The molecule has 0 aliphatic heterocycles. The first kappa shape index (κ1) is 9.16. The Hall–Kier alpha value is -0.840. The summed E-state index contributed by atoms with van der Waals surface area (Å²) in [6.45, 7) is 4.21. The molecule has 0 rings (SSSR count). The van der Waals surface area contributed by atoms with Gasteiger partial charge in [0.1, 0.15) is 5.75 Å². The summed E-state index contributed by atoms with van der Waals surface area (Å²) in [5.74, 6) is -1.17. The lowest BCUT2D eigenvalue weighted by atomic mass is 10.8. The Labute approximate surface area is 59.6 Å². The number of carbonyl (C=O) groups excluding carboxylic acids is 1. The molecular weight excluding hydrogens is 156 g/mol. The van der Waals surface area contributed by atoms with Crippen LogP contribution in [0.15, 0.2) is 12.7 Å². The van der Waals surface area contributed by atoms with E-state index in [4.69, 9.17) is 0 Å². The third kappa shape index (κ3) is 4.08. The minimum Gasteiger partial charge on any atom is -0.346 e. The topological polar surface area (TPSA) is 60.4 Å². The average molecular weight is 164 g/mol. The van der Waals surface area contributed by atoms with Gasteiger partial charge in [0, 0.05) is 6.92 Å². The zero-order chi connectivity index (χ0) is 8.20. The van der Waals surface area contributed by atoms with Crippen LogP contribution in [0, 0.1) is 0 Å². The first-order valence-electron chi connectivity index (χ1n) is 2.51. The second-order valence-corrected chi connectivity index (χ2v) is 3.20. The Kier molecular flexibility index (Phi) is 3.08. The number of hydrogen-bond donors (Lipinski definition) is 0. The van der Waals surface area contributed by atoms with Gasteiger partial charge in [0.05, 0.1) is 0 Å². The highest BCUT2D eigenvalue weighted by atomic mass is 32.2. The van der Waals surface area contributed by atoms with Crippen LogP contribution in [0.3, 0.4) is 0 Å². The van der Waals surface area contributed by atoms with Crippen LogP contribution >= 0.6 is 0 Å². The van der Waals surface area contributed by atoms with Gasteiger partial charge in [-0.1, -0.05) is 6.08 Å². The highest BCUT2D eigenvalue weighted by Crippen LogP contribution is 1.92. The van der Waals surface area contributed by atoms with E-state index in [1.165, 1.54) is 0 Å². The molecule has 0 heterocycles. The molecule has 0 N–H and O–H groups in total. The van der Waals surface area contributed by atoms with Crippen LogP contribution in [-0.2, 0) is 19.1 Å². The molecule has 0 aliphatic rings. The van der Waals surface area contributed by atoms with E-state index in [0.717, 1.165) is 13.0 Å². The highest BCUT2D eigenvalue weighted by molar-refractivity contribution is 7.87. The molecule has 0 saturated carbocycles. The van der Waals surface area contributed by atoms with E-state index in [1.807, 2.05) is 0 Å². The first-order chi connectivity index (χ1) is 4.48. The standard InChI is InChI=1S/C5H8O4S/c1-3-4-10(7,8)9-5(2)6/h3H,1,4H2,2H3. The normalized spacial score (nSPS) is 10.5. The quantitative estimate of drug-likeness (QED) is 0.437. The van der Waals surface area contributed by atoms with Gasteiger partial charge in [-0.2, -0.15) is 8.42 Å². The molecule has 0 aliphatic carbocycles. The van der Waals surface area contributed by atoms with E-state index >= 15 is 0 Å². The van der Waals surface area contributed by atoms with E-state index in [-0.39, 0.29) is 5.75 Å². The summed E-state index contributed by atoms with van der Waals surface area (Å²) in [6.07, 6.45) is 1.15. The fourth-order valence-corrected chi connectivity index (χ4v) is 1.07. The van der Waals surface area contributed by atoms with Crippen molar-refractivity contribution in [1.82, 2.24) is 0 Å². The fourth-order valence-electron chi connectivity index (χ4n) is 0.357. The summed E-state index contributed by atoms with van der Waals surface area (Å²) >= 11 is 0. The lowest BCUT2D eigenvalue weighted by Crippen LogP contribution is -2.12. The van der Waals surface area contributed by atoms with Crippen LogP contribution < -0.4 is 0 Å². The van der Waals surface area contributed by atoms with Crippen molar-refractivity contribution < 1.29 is 17.4 Å². The SMILES string of the molecule is C=CCS(=O)(=O)OC(C)=O. The molecule has 58 valence electrons. The predicted molar refractivity (Wildman–Crippen MR) is 35.7 cm³/mol. The van der Waals surface area contributed by atoms with Crippen molar-refractivity contribution in [2.75, 3.05) is 5.75 Å². The highest BCUT2D eigenvalue weighted by Gasteiger charge is 2.10. The first-order valence-corrected chi connectivity index (χ1v) is 4.09. The number of hydrogen-bond acceptors (Lipinski definition) is 4. The summed E-state index contributed by atoms with van der Waals surface area (Å²) in [4.78, 5) is 10.1. The van der Waals surface area contributed by atoms with Crippen LogP contribution in [0.5, 0.6) is 0 Å². The summed E-state index contributed by atoms with van der Waals surface area (Å²) in [7, 11) is -3.70. The zero-order valence-corrected chi connectivity index (χ0v) is 6.35. The Balaban J connectivity index is 4.14. The molecule has 5 heteroatoms. The lowest BCUT2D eigenvalue weighted by Gasteiger charge is -1.97. The van der Waals surface area contributed by atoms with Gasteiger partial charge in [-0.3, -0.25) is 4.79 Å². The van der Waals surface area contributed by atoms with Crippen molar-refractivity contribution in [2.24, 2.45) is 0 Å². The molecule has 0 atom stereocenters. The molecular formula is C5H8O4S. The van der Waals surface area contributed by atoms with Gasteiger partial charge in [-0.25, -0.2) is 0 Å².